The fourth-order valence-corrected chi connectivity index (χ4v) is 2.48. The molecule has 4 heteroatoms. The van der Waals surface area contributed by atoms with E-state index in [9.17, 15) is 5.11 Å². The normalized spacial score (nSPS) is 25.8. The van der Waals surface area contributed by atoms with E-state index in [0.717, 1.165) is 25.8 Å². The van der Waals surface area contributed by atoms with Crippen molar-refractivity contribution < 1.29 is 5.11 Å². The summed E-state index contributed by atoms with van der Waals surface area (Å²) in [5, 5.41) is 17.7. The van der Waals surface area contributed by atoms with E-state index in [1.165, 1.54) is 24.1 Å². The van der Waals surface area contributed by atoms with Gasteiger partial charge in [0.05, 0.1) is 12.3 Å². The summed E-state index contributed by atoms with van der Waals surface area (Å²) in [5.41, 5.74) is 2.42. The van der Waals surface area contributed by atoms with Crippen molar-refractivity contribution in [2.45, 2.75) is 57.7 Å². The summed E-state index contributed by atoms with van der Waals surface area (Å²) in [5.74, 6) is 0. The molecule has 0 amide bonds. The minimum Gasteiger partial charge on any atom is -0.392 e. The summed E-state index contributed by atoms with van der Waals surface area (Å²) in [7, 11) is 1.96. The van der Waals surface area contributed by atoms with E-state index >= 15 is 0 Å². The summed E-state index contributed by atoms with van der Waals surface area (Å²) in [6, 6.07) is 0.247. The molecule has 1 saturated carbocycles. The summed E-state index contributed by atoms with van der Waals surface area (Å²) < 4.78 is 1.89. The van der Waals surface area contributed by atoms with Crippen molar-refractivity contribution in [2.75, 3.05) is 0 Å². The molecule has 2 N–H and O–H groups in total. The Morgan fingerprint density at radius 2 is 2.18 bits per heavy atom. The van der Waals surface area contributed by atoms with Gasteiger partial charge in [-0.3, -0.25) is 4.68 Å². The predicted molar refractivity (Wildman–Crippen MR) is 67.7 cm³/mol. The van der Waals surface area contributed by atoms with E-state index < -0.39 is 0 Å². The molecule has 1 aliphatic carbocycles. The minimum absolute atomic E-state index is 0.186. The lowest BCUT2D eigenvalue weighted by atomic mass is 10.1. The maximum absolute atomic E-state index is 10.0. The van der Waals surface area contributed by atoms with Crippen LogP contribution in [0.4, 0.5) is 0 Å². The average Bonchev–Trinajstić information content (AvgIpc) is 2.53. The molecule has 2 unspecified atom stereocenters. The molecule has 0 aromatic carbocycles. The van der Waals surface area contributed by atoms with E-state index in [2.05, 4.69) is 17.3 Å². The van der Waals surface area contributed by atoms with Crippen molar-refractivity contribution >= 4 is 0 Å². The second-order valence-electron chi connectivity index (χ2n) is 5.07. The fraction of sp³-hybridized carbons (Fsp3) is 0.769. The highest BCUT2D eigenvalue weighted by Crippen LogP contribution is 2.18. The molecule has 96 valence electrons. The lowest BCUT2D eigenvalue weighted by Gasteiger charge is -2.21. The molecule has 0 radical (unpaired) electrons. The average molecular weight is 237 g/mol. The SMILES string of the molecule is Cc1c(CNC2CCCCCC2O)cnn1C. The molecule has 1 aliphatic rings. The van der Waals surface area contributed by atoms with E-state index in [1.807, 2.05) is 17.9 Å². The molecule has 0 spiro atoms. The van der Waals surface area contributed by atoms with Crippen LogP contribution in [0.1, 0.15) is 43.4 Å². The molecule has 2 rings (SSSR count). The van der Waals surface area contributed by atoms with E-state index in [-0.39, 0.29) is 12.1 Å². The highest BCUT2D eigenvalue weighted by molar-refractivity contribution is 5.15. The van der Waals surface area contributed by atoms with Gasteiger partial charge in [-0.25, -0.2) is 0 Å². The van der Waals surface area contributed by atoms with E-state index in [0.29, 0.717) is 0 Å². The molecule has 0 bridgehead atoms. The summed E-state index contributed by atoms with van der Waals surface area (Å²) in [6.07, 6.45) is 7.37. The van der Waals surface area contributed by atoms with Crippen LogP contribution in [-0.2, 0) is 13.6 Å². The van der Waals surface area contributed by atoms with Crippen LogP contribution < -0.4 is 5.32 Å². The Kier molecular flexibility index (Phi) is 4.18. The lowest BCUT2D eigenvalue weighted by molar-refractivity contribution is 0.119. The van der Waals surface area contributed by atoms with E-state index in [4.69, 9.17) is 0 Å². The number of nitrogens with zero attached hydrogens (tertiary/aromatic N) is 2. The maximum Gasteiger partial charge on any atom is 0.0693 e. The van der Waals surface area contributed by atoms with Crippen molar-refractivity contribution in [2.24, 2.45) is 7.05 Å². The van der Waals surface area contributed by atoms with E-state index in [1.54, 1.807) is 0 Å². The van der Waals surface area contributed by atoms with Gasteiger partial charge in [-0.15, -0.1) is 0 Å². The minimum atomic E-state index is -0.186. The number of aliphatic hydroxyl groups is 1. The highest BCUT2D eigenvalue weighted by Gasteiger charge is 2.21. The first-order valence-corrected chi connectivity index (χ1v) is 6.57. The first-order valence-electron chi connectivity index (χ1n) is 6.57. The Balaban J connectivity index is 1.90. The Morgan fingerprint density at radius 3 is 2.88 bits per heavy atom. The first-order chi connectivity index (χ1) is 8.18. The number of aliphatic hydroxyl groups excluding tert-OH is 1. The van der Waals surface area contributed by atoms with Crippen molar-refractivity contribution in [1.29, 1.82) is 0 Å². The van der Waals surface area contributed by atoms with Crippen LogP contribution in [0.15, 0.2) is 6.20 Å². The fourth-order valence-electron chi connectivity index (χ4n) is 2.48. The topological polar surface area (TPSA) is 50.1 Å². The third-order valence-corrected chi connectivity index (χ3v) is 3.87. The van der Waals surface area contributed by atoms with Crippen molar-refractivity contribution in [3.63, 3.8) is 0 Å². The molecular formula is C13H23N3O. The zero-order valence-electron chi connectivity index (χ0n) is 10.8. The third-order valence-electron chi connectivity index (χ3n) is 3.87. The number of hydrogen-bond donors (Lipinski definition) is 2. The van der Waals surface area contributed by atoms with Gasteiger partial charge in [0.1, 0.15) is 0 Å². The van der Waals surface area contributed by atoms with Gasteiger partial charge in [0.15, 0.2) is 0 Å². The lowest BCUT2D eigenvalue weighted by Crippen LogP contribution is -2.38. The van der Waals surface area contributed by atoms with Gasteiger partial charge in [-0.05, 0) is 19.8 Å². The van der Waals surface area contributed by atoms with Gasteiger partial charge in [-0.1, -0.05) is 19.3 Å². The quantitative estimate of drug-likeness (QED) is 0.784. The number of rotatable bonds is 3. The predicted octanol–water partition coefficient (Wildman–Crippen LogP) is 1.51. The van der Waals surface area contributed by atoms with Crippen molar-refractivity contribution in [1.82, 2.24) is 15.1 Å². The first kappa shape index (κ1) is 12.6. The molecule has 4 nitrogen and oxygen atoms in total. The number of nitrogens with one attached hydrogen (secondary N) is 1. The number of aryl methyl sites for hydroxylation is 1. The number of aromatic nitrogens is 2. The Hall–Kier alpha value is -0.870. The molecular weight excluding hydrogens is 214 g/mol. The molecule has 1 fully saturated rings. The molecule has 0 aliphatic heterocycles. The Labute approximate surface area is 103 Å². The Morgan fingerprint density at radius 1 is 1.41 bits per heavy atom. The van der Waals surface area contributed by atoms with Gasteiger partial charge in [-0.2, -0.15) is 5.10 Å². The van der Waals surface area contributed by atoms with Crippen LogP contribution in [0, 0.1) is 6.92 Å². The number of hydrogen-bond acceptors (Lipinski definition) is 3. The van der Waals surface area contributed by atoms with Gasteiger partial charge in [0.2, 0.25) is 0 Å². The molecule has 1 aromatic rings. The second-order valence-corrected chi connectivity index (χ2v) is 5.07. The van der Waals surface area contributed by atoms with Gasteiger partial charge < -0.3 is 10.4 Å². The molecule has 1 heterocycles. The molecule has 0 saturated heterocycles. The van der Waals surface area contributed by atoms with Crippen molar-refractivity contribution in [3.05, 3.63) is 17.5 Å². The standard InChI is InChI=1S/C13H23N3O/c1-10-11(9-15-16(10)2)8-14-12-6-4-3-5-7-13(12)17/h9,12-14,17H,3-8H2,1-2H3. The van der Waals surface area contributed by atoms with Gasteiger partial charge in [0, 0.05) is 30.9 Å². The summed E-state index contributed by atoms with van der Waals surface area (Å²) in [4.78, 5) is 0. The van der Waals surface area contributed by atoms with Crippen LogP contribution in [0.5, 0.6) is 0 Å². The third kappa shape index (κ3) is 3.07. The zero-order valence-corrected chi connectivity index (χ0v) is 10.8. The van der Waals surface area contributed by atoms with Gasteiger partial charge in [0.25, 0.3) is 0 Å². The largest absolute Gasteiger partial charge is 0.392 e. The van der Waals surface area contributed by atoms with Crippen LogP contribution in [0.3, 0.4) is 0 Å². The van der Waals surface area contributed by atoms with Crippen LogP contribution in [-0.4, -0.2) is 27.0 Å². The summed E-state index contributed by atoms with van der Waals surface area (Å²) in [6.45, 7) is 2.88. The Bertz CT molecular complexity index is 362. The smallest absolute Gasteiger partial charge is 0.0693 e. The van der Waals surface area contributed by atoms with Crippen LogP contribution in [0.25, 0.3) is 0 Å². The van der Waals surface area contributed by atoms with Gasteiger partial charge >= 0.3 is 0 Å². The molecule has 1 aromatic heterocycles. The van der Waals surface area contributed by atoms with Crippen LogP contribution in [0.2, 0.25) is 0 Å². The van der Waals surface area contributed by atoms with Crippen LogP contribution >= 0.6 is 0 Å². The van der Waals surface area contributed by atoms with Crippen molar-refractivity contribution in [3.8, 4) is 0 Å². The second kappa shape index (κ2) is 5.65. The highest BCUT2D eigenvalue weighted by atomic mass is 16.3. The summed E-state index contributed by atoms with van der Waals surface area (Å²) >= 11 is 0. The molecule has 2 atom stereocenters. The monoisotopic (exact) mass is 237 g/mol. The zero-order chi connectivity index (χ0) is 12.3. The maximum atomic E-state index is 10.0. The molecule has 17 heavy (non-hydrogen) atoms.